The van der Waals surface area contributed by atoms with Gasteiger partial charge in [0.2, 0.25) is 0 Å². The second kappa shape index (κ2) is 3.54. The number of nitrogens with two attached hydrogens (primary N) is 1. The topological polar surface area (TPSA) is 43.8 Å². The fourth-order valence-electron chi connectivity index (χ4n) is 1.15. The molecule has 3 heteroatoms. The molecule has 0 saturated carbocycles. The third kappa shape index (κ3) is 1.56. The minimum absolute atomic E-state index is 0.109. The number of hydrogen-bond donors (Lipinski definition) is 1. The van der Waals surface area contributed by atoms with E-state index in [-0.39, 0.29) is 6.04 Å². The van der Waals surface area contributed by atoms with Crippen molar-refractivity contribution in [3.63, 3.8) is 0 Å². The lowest BCUT2D eigenvalue weighted by molar-refractivity contribution is 0.674. The fraction of sp³-hybridized carbons (Fsp3) is 0.444. The first-order chi connectivity index (χ1) is 5.69. The average molecular weight is 165 g/mol. The zero-order valence-electron chi connectivity index (χ0n) is 7.62. The van der Waals surface area contributed by atoms with Gasteiger partial charge in [0.1, 0.15) is 0 Å². The molecule has 1 rings (SSSR count). The molecule has 1 aromatic heterocycles. The van der Waals surface area contributed by atoms with E-state index in [0.717, 1.165) is 17.8 Å². The molecule has 2 N–H and O–H groups in total. The summed E-state index contributed by atoms with van der Waals surface area (Å²) in [5.74, 6) is 0. The Morgan fingerprint density at radius 2 is 2.50 bits per heavy atom. The van der Waals surface area contributed by atoms with Crippen molar-refractivity contribution in [1.29, 1.82) is 0 Å². The second-order valence-corrected chi connectivity index (χ2v) is 2.80. The van der Waals surface area contributed by atoms with Crippen molar-refractivity contribution in [1.82, 2.24) is 9.78 Å². The van der Waals surface area contributed by atoms with Crippen molar-refractivity contribution in [2.45, 2.75) is 19.4 Å². The Bertz CT molecular complexity index is 275. The maximum Gasteiger partial charge on any atom is 0.0650 e. The van der Waals surface area contributed by atoms with Crippen molar-refractivity contribution in [2.24, 2.45) is 12.8 Å². The first-order valence-corrected chi connectivity index (χ1v) is 4.10. The Hall–Kier alpha value is -1.09. The lowest BCUT2D eigenvalue weighted by atomic mass is 10.2. The average Bonchev–Trinajstić information content (AvgIpc) is 2.45. The fourth-order valence-corrected chi connectivity index (χ4v) is 1.15. The predicted octanol–water partition coefficient (Wildman–Crippen LogP) is 1.17. The normalized spacial score (nSPS) is 12.9. The van der Waals surface area contributed by atoms with Gasteiger partial charge < -0.3 is 5.73 Å². The van der Waals surface area contributed by atoms with E-state index >= 15 is 0 Å². The van der Waals surface area contributed by atoms with Crippen LogP contribution in [-0.4, -0.2) is 9.78 Å². The Morgan fingerprint density at radius 3 is 2.92 bits per heavy atom. The SMILES string of the molecule is C=CC(N)c1cc(CC)nn1C. The molecule has 0 fully saturated rings. The molecule has 0 bridgehead atoms. The maximum absolute atomic E-state index is 5.78. The van der Waals surface area contributed by atoms with Crippen LogP contribution < -0.4 is 5.73 Å². The van der Waals surface area contributed by atoms with Crippen molar-refractivity contribution < 1.29 is 0 Å². The summed E-state index contributed by atoms with van der Waals surface area (Å²) < 4.78 is 1.81. The Labute approximate surface area is 72.9 Å². The van der Waals surface area contributed by atoms with E-state index in [1.165, 1.54) is 0 Å². The highest BCUT2D eigenvalue weighted by molar-refractivity contribution is 5.17. The molecule has 66 valence electrons. The summed E-state index contributed by atoms with van der Waals surface area (Å²) >= 11 is 0. The summed E-state index contributed by atoms with van der Waals surface area (Å²) in [4.78, 5) is 0. The highest BCUT2D eigenvalue weighted by atomic mass is 15.3. The zero-order valence-corrected chi connectivity index (χ0v) is 7.62. The van der Waals surface area contributed by atoms with E-state index in [2.05, 4.69) is 18.6 Å². The molecule has 0 aliphatic rings. The molecule has 1 aromatic rings. The first-order valence-electron chi connectivity index (χ1n) is 4.10. The molecule has 0 amide bonds. The van der Waals surface area contributed by atoms with Crippen molar-refractivity contribution in [3.8, 4) is 0 Å². The number of hydrogen-bond acceptors (Lipinski definition) is 2. The summed E-state index contributed by atoms with van der Waals surface area (Å²) in [6, 6.07) is 1.91. The van der Waals surface area contributed by atoms with Crippen LogP contribution in [0.4, 0.5) is 0 Å². The summed E-state index contributed by atoms with van der Waals surface area (Å²) in [6.45, 7) is 5.72. The number of rotatable bonds is 3. The van der Waals surface area contributed by atoms with Crippen LogP contribution in [0.15, 0.2) is 18.7 Å². The van der Waals surface area contributed by atoms with Crippen molar-refractivity contribution >= 4 is 0 Å². The molecule has 1 unspecified atom stereocenters. The summed E-state index contributed by atoms with van der Waals surface area (Å²) in [5.41, 5.74) is 7.87. The molecule has 0 spiro atoms. The Morgan fingerprint density at radius 1 is 1.83 bits per heavy atom. The zero-order chi connectivity index (χ0) is 9.14. The first kappa shape index (κ1) is 9.00. The van der Waals surface area contributed by atoms with Gasteiger partial charge in [0.05, 0.1) is 17.4 Å². The molecular weight excluding hydrogens is 150 g/mol. The van der Waals surface area contributed by atoms with Crippen LogP contribution in [0, 0.1) is 0 Å². The van der Waals surface area contributed by atoms with Crippen LogP contribution >= 0.6 is 0 Å². The van der Waals surface area contributed by atoms with Crippen LogP contribution in [0.25, 0.3) is 0 Å². The number of nitrogens with zero attached hydrogens (tertiary/aromatic N) is 2. The van der Waals surface area contributed by atoms with Gasteiger partial charge in [-0.15, -0.1) is 6.58 Å². The minimum atomic E-state index is -0.109. The maximum atomic E-state index is 5.78. The molecule has 0 aliphatic heterocycles. The standard InChI is InChI=1S/C9H15N3/c1-4-7-6-9(8(10)5-2)12(3)11-7/h5-6,8H,2,4,10H2,1,3H3. The third-order valence-electron chi connectivity index (χ3n) is 1.92. The van der Waals surface area contributed by atoms with Gasteiger partial charge in [-0.25, -0.2) is 0 Å². The molecule has 0 saturated heterocycles. The lowest BCUT2D eigenvalue weighted by Gasteiger charge is -2.04. The second-order valence-electron chi connectivity index (χ2n) is 2.80. The predicted molar refractivity (Wildman–Crippen MR) is 49.7 cm³/mol. The largest absolute Gasteiger partial charge is 0.320 e. The molecule has 1 atom stereocenters. The van der Waals surface area contributed by atoms with Gasteiger partial charge in [0.15, 0.2) is 0 Å². The van der Waals surface area contributed by atoms with E-state index in [9.17, 15) is 0 Å². The number of aryl methyl sites for hydroxylation is 2. The quantitative estimate of drug-likeness (QED) is 0.683. The van der Waals surface area contributed by atoms with Crippen LogP contribution in [-0.2, 0) is 13.5 Å². The van der Waals surface area contributed by atoms with E-state index in [1.54, 1.807) is 6.08 Å². The molecular formula is C9H15N3. The van der Waals surface area contributed by atoms with Crippen LogP contribution in [0.1, 0.15) is 24.4 Å². The smallest absolute Gasteiger partial charge is 0.0650 e. The van der Waals surface area contributed by atoms with Gasteiger partial charge in [0.25, 0.3) is 0 Å². The van der Waals surface area contributed by atoms with Crippen LogP contribution in [0.5, 0.6) is 0 Å². The van der Waals surface area contributed by atoms with Gasteiger partial charge in [0, 0.05) is 7.05 Å². The summed E-state index contributed by atoms with van der Waals surface area (Å²) in [6.07, 6.45) is 2.66. The van der Waals surface area contributed by atoms with Crippen LogP contribution in [0.2, 0.25) is 0 Å². The van der Waals surface area contributed by atoms with E-state index in [0.29, 0.717) is 0 Å². The monoisotopic (exact) mass is 165 g/mol. The molecule has 12 heavy (non-hydrogen) atoms. The van der Waals surface area contributed by atoms with E-state index in [1.807, 2.05) is 17.8 Å². The molecule has 3 nitrogen and oxygen atoms in total. The van der Waals surface area contributed by atoms with Crippen LogP contribution in [0.3, 0.4) is 0 Å². The molecule has 0 aliphatic carbocycles. The van der Waals surface area contributed by atoms with Crippen molar-refractivity contribution in [2.75, 3.05) is 0 Å². The summed E-state index contributed by atoms with van der Waals surface area (Å²) in [7, 11) is 1.90. The Balaban J connectivity index is 2.98. The molecule has 1 heterocycles. The lowest BCUT2D eigenvalue weighted by Crippen LogP contribution is -2.11. The van der Waals surface area contributed by atoms with Gasteiger partial charge in [-0.3, -0.25) is 4.68 Å². The van der Waals surface area contributed by atoms with E-state index < -0.39 is 0 Å². The van der Waals surface area contributed by atoms with Gasteiger partial charge in [-0.2, -0.15) is 5.10 Å². The van der Waals surface area contributed by atoms with E-state index in [4.69, 9.17) is 5.73 Å². The third-order valence-corrected chi connectivity index (χ3v) is 1.92. The minimum Gasteiger partial charge on any atom is -0.320 e. The van der Waals surface area contributed by atoms with Gasteiger partial charge >= 0.3 is 0 Å². The molecule has 0 radical (unpaired) electrons. The number of aromatic nitrogens is 2. The van der Waals surface area contributed by atoms with Crippen molar-refractivity contribution in [3.05, 3.63) is 30.1 Å². The van der Waals surface area contributed by atoms with Gasteiger partial charge in [-0.05, 0) is 12.5 Å². The molecule has 0 aromatic carbocycles. The highest BCUT2D eigenvalue weighted by Gasteiger charge is 2.08. The Kier molecular flexibility index (Phi) is 2.65. The summed E-state index contributed by atoms with van der Waals surface area (Å²) in [5, 5.41) is 4.29. The van der Waals surface area contributed by atoms with Gasteiger partial charge in [-0.1, -0.05) is 13.0 Å². The highest BCUT2D eigenvalue weighted by Crippen LogP contribution is 2.11.